The third-order valence-corrected chi connectivity index (χ3v) is 5.02. The van der Waals surface area contributed by atoms with E-state index in [4.69, 9.17) is 4.74 Å². The second kappa shape index (κ2) is 10.4. The van der Waals surface area contributed by atoms with Gasteiger partial charge in [-0.25, -0.2) is 0 Å². The van der Waals surface area contributed by atoms with Crippen LogP contribution in [0.5, 0.6) is 0 Å². The molecule has 3 rings (SSSR count). The molecule has 3 aromatic carbocycles. The molecule has 0 spiro atoms. The monoisotopic (exact) mass is 418 g/mol. The lowest BCUT2D eigenvalue weighted by Crippen LogP contribution is -2.30. The lowest BCUT2D eigenvalue weighted by Gasteiger charge is -2.19. The molecular weight excluding hydrogens is 392 g/mol. The fourth-order valence-corrected chi connectivity index (χ4v) is 3.42. The Labute approximate surface area is 181 Å². The van der Waals surface area contributed by atoms with Crippen LogP contribution in [0.1, 0.15) is 29.8 Å². The molecule has 0 unspecified atom stereocenters. The molecule has 2 amide bonds. The van der Waals surface area contributed by atoms with Gasteiger partial charge in [0.1, 0.15) is 0 Å². The number of amides is 2. The quantitative estimate of drug-likeness (QED) is 0.560. The maximum atomic E-state index is 12.5. The molecule has 6 heteroatoms. The van der Waals surface area contributed by atoms with Gasteiger partial charge in [0, 0.05) is 24.3 Å². The van der Waals surface area contributed by atoms with Crippen molar-refractivity contribution in [3.8, 4) is 0 Å². The number of nitrogens with one attached hydrogen (secondary N) is 1. The van der Waals surface area contributed by atoms with Crippen LogP contribution in [0.4, 0.5) is 5.69 Å². The van der Waals surface area contributed by atoms with E-state index in [1.807, 2.05) is 56.3 Å². The van der Waals surface area contributed by atoms with E-state index in [2.05, 4.69) is 5.32 Å². The average Bonchev–Trinajstić information content (AvgIpc) is 2.79. The maximum Gasteiger partial charge on any atom is 0.310 e. The molecule has 0 atom stereocenters. The highest BCUT2D eigenvalue weighted by Crippen LogP contribution is 2.19. The minimum atomic E-state index is -0.475. The number of benzene rings is 3. The summed E-state index contributed by atoms with van der Waals surface area (Å²) in [5.74, 6) is -1.03. The molecule has 3 aromatic rings. The minimum absolute atomic E-state index is 0.0858. The predicted octanol–water partition coefficient (Wildman–Crippen LogP) is 4.05. The summed E-state index contributed by atoms with van der Waals surface area (Å²) in [5, 5.41) is 4.71. The highest BCUT2D eigenvalue weighted by atomic mass is 16.5. The van der Waals surface area contributed by atoms with Gasteiger partial charge in [-0.1, -0.05) is 48.5 Å². The number of carbonyl (C=O) groups excluding carboxylic acids is 3. The number of hydrogen-bond donors (Lipinski definition) is 1. The average molecular weight is 418 g/mol. The SMILES string of the molecule is CCN(CC)C(=O)c1cccc(NC(=O)COC(=O)Cc2cccc3ccccc23)c1. The standard InChI is InChI=1S/C25H26N2O4/c1-3-27(4-2)25(30)20-12-8-13-21(15-20)26-23(28)17-31-24(29)16-19-11-7-10-18-9-5-6-14-22(18)19/h5-15H,3-4,16-17H2,1-2H3,(H,26,28). The number of rotatable bonds is 8. The molecule has 0 aliphatic carbocycles. The highest BCUT2D eigenvalue weighted by Gasteiger charge is 2.14. The van der Waals surface area contributed by atoms with Crippen molar-refractivity contribution in [3.63, 3.8) is 0 Å². The molecule has 0 heterocycles. The summed E-state index contributed by atoms with van der Waals surface area (Å²) in [7, 11) is 0. The minimum Gasteiger partial charge on any atom is -0.455 e. The first-order valence-electron chi connectivity index (χ1n) is 10.3. The third kappa shape index (κ3) is 5.69. The molecule has 0 aliphatic rings. The Morgan fingerprint density at radius 2 is 1.61 bits per heavy atom. The fraction of sp³-hybridized carbons (Fsp3) is 0.240. The number of hydrogen-bond acceptors (Lipinski definition) is 4. The first-order valence-corrected chi connectivity index (χ1v) is 10.3. The highest BCUT2D eigenvalue weighted by molar-refractivity contribution is 5.98. The zero-order valence-corrected chi connectivity index (χ0v) is 17.8. The second-order valence-corrected chi connectivity index (χ2v) is 7.08. The van der Waals surface area contributed by atoms with E-state index in [-0.39, 0.29) is 12.3 Å². The topological polar surface area (TPSA) is 75.7 Å². The van der Waals surface area contributed by atoms with E-state index in [0.717, 1.165) is 16.3 Å². The largest absolute Gasteiger partial charge is 0.455 e. The summed E-state index contributed by atoms with van der Waals surface area (Å²) in [5.41, 5.74) is 1.83. The van der Waals surface area contributed by atoms with Gasteiger partial charge in [-0.05, 0) is 48.4 Å². The molecule has 0 fully saturated rings. The van der Waals surface area contributed by atoms with Gasteiger partial charge in [-0.2, -0.15) is 0 Å². The predicted molar refractivity (Wildman–Crippen MR) is 121 cm³/mol. The van der Waals surface area contributed by atoms with Crippen LogP contribution >= 0.6 is 0 Å². The van der Waals surface area contributed by atoms with Crippen LogP contribution in [0.2, 0.25) is 0 Å². The number of nitrogens with zero attached hydrogens (tertiary/aromatic N) is 1. The fourth-order valence-electron chi connectivity index (χ4n) is 3.42. The summed E-state index contributed by atoms with van der Waals surface area (Å²) < 4.78 is 5.15. The van der Waals surface area contributed by atoms with E-state index in [1.165, 1.54) is 0 Å². The molecule has 1 N–H and O–H groups in total. The Balaban J connectivity index is 1.56. The number of anilines is 1. The lowest BCUT2D eigenvalue weighted by atomic mass is 10.0. The van der Waals surface area contributed by atoms with Crippen LogP contribution < -0.4 is 5.32 Å². The van der Waals surface area contributed by atoms with Crippen molar-refractivity contribution in [2.45, 2.75) is 20.3 Å². The number of fused-ring (bicyclic) bond motifs is 1. The van der Waals surface area contributed by atoms with Gasteiger partial charge in [-0.15, -0.1) is 0 Å². The van der Waals surface area contributed by atoms with E-state index in [1.54, 1.807) is 29.2 Å². The van der Waals surface area contributed by atoms with Gasteiger partial charge < -0.3 is 15.0 Å². The summed E-state index contributed by atoms with van der Waals surface area (Å²) in [6.45, 7) is 4.66. The van der Waals surface area contributed by atoms with Crippen molar-refractivity contribution in [2.75, 3.05) is 25.0 Å². The summed E-state index contributed by atoms with van der Waals surface area (Å²) in [4.78, 5) is 38.6. The molecule has 0 aliphatic heterocycles. The maximum absolute atomic E-state index is 12.5. The smallest absolute Gasteiger partial charge is 0.310 e. The number of esters is 1. The summed E-state index contributed by atoms with van der Waals surface area (Å²) in [6.07, 6.45) is 0.0858. The molecule has 0 saturated heterocycles. The Morgan fingerprint density at radius 1 is 0.903 bits per heavy atom. The van der Waals surface area contributed by atoms with Gasteiger partial charge in [0.05, 0.1) is 6.42 Å². The molecule has 160 valence electrons. The van der Waals surface area contributed by atoms with E-state index < -0.39 is 18.5 Å². The number of carbonyl (C=O) groups is 3. The normalized spacial score (nSPS) is 10.5. The zero-order valence-electron chi connectivity index (χ0n) is 17.8. The molecule has 0 aromatic heterocycles. The van der Waals surface area contributed by atoms with E-state index >= 15 is 0 Å². The summed E-state index contributed by atoms with van der Waals surface area (Å²) >= 11 is 0. The summed E-state index contributed by atoms with van der Waals surface area (Å²) in [6, 6.07) is 20.3. The van der Waals surface area contributed by atoms with Crippen LogP contribution in [0, 0.1) is 0 Å². The molecule has 6 nitrogen and oxygen atoms in total. The lowest BCUT2D eigenvalue weighted by molar-refractivity contribution is -0.146. The molecule has 31 heavy (non-hydrogen) atoms. The van der Waals surface area contributed by atoms with Crippen LogP contribution in [-0.2, 0) is 20.7 Å². The first kappa shape index (κ1) is 22.0. The van der Waals surface area contributed by atoms with Crippen LogP contribution in [0.3, 0.4) is 0 Å². The Bertz CT molecular complexity index is 1080. The van der Waals surface area contributed by atoms with Crippen LogP contribution in [0.15, 0.2) is 66.7 Å². The Hall–Kier alpha value is -3.67. The van der Waals surface area contributed by atoms with Crippen molar-refractivity contribution in [1.82, 2.24) is 4.90 Å². The Morgan fingerprint density at radius 3 is 2.39 bits per heavy atom. The van der Waals surface area contributed by atoms with Crippen molar-refractivity contribution in [2.24, 2.45) is 0 Å². The third-order valence-electron chi connectivity index (χ3n) is 5.02. The van der Waals surface area contributed by atoms with Gasteiger partial charge in [-0.3, -0.25) is 14.4 Å². The van der Waals surface area contributed by atoms with E-state index in [9.17, 15) is 14.4 Å². The number of ether oxygens (including phenoxy) is 1. The van der Waals surface area contributed by atoms with Gasteiger partial charge in [0.25, 0.3) is 11.8 Å². The second-order valence-electron chi connectivity index (χ2n) is 7.08. The van der Waals surface area contributed by atoms with Crippen molar-refractivity contribution in [1.29, 1.82) is 0 Å². The first-order chi connectivity index (χ1) is 15.0. The van der Waals surface area contributed by atoms with Gasteiger partial charge in [0.2, 0.25) is 0 Å². The van der Waals surface area contributed by atoms with Crippen molar-refractivity contribution >= 4 is 34.2 Å². The molecule has 0 radical (unpaired) electrons. The van der Waals surface area contributed by atoms with Crippen molar-refractivity contribution < 1.29 is 19.1 Å². The van der Waals surface area contributed by atoms with E-state index in [0.29, 0.717) is 24.3 Å². The molecule has 0 bridgehead atoms. The zero-order chi connectivity index (χ0) is 22.2. The molecule has 0 saturated carbocycles. The molecular formula is C25H26N2O4. The van der Waals surface area contributed by atoms with Crippen LogP contribution in [-0.4, -0.2) is 42.4 Å². The Kier molecular flexibility index (Phi) is 7.38. The van der Waals surface area contributed by atoms with Crippen molar-refractivity contribution in [3.05, 3.63) is 77.9 Å². The van der Waals surface area contributed by atoms with Gasteiger partial charge >= 0.3 is 5.97 Å². The van der Waals surface area contributed by atoms with Gasteiger partial charge in [0.15, 0.2) is 6.61 Å². The van der Waals surface area contributed by atoms with Crippen LogP contribution in [0.25, 0.3) is 10.8 Å².